The lowest BCUT2D eigenvalue weighted by atomic mass is 9.97. The van der Waals surface area contributed by atoms with Crippen molar-refractivity contribution < 1.29 is 0 Å². The number of aromatic nitrogens is 1. The smallest absolute Gasteiger partial charge is 0.129 e. The molecule has 2 heteroatoms. The predicted molar refractivity (Wildman–Crippen MR) is 81.7 cm³/mol. The zero-order valence-corrected chi connectivity index (χ0v) is 11.1. The van der Waals surface area contributed by atoms with Crippen LogP contribution in [0.4, 0.5) is 0 Å². The van der Waals surface area contributed by atoms with Crippen molar-refractivity contribution >= 4 is 45.4 Å². The standard InChI is InChI=1S/C17H12ClN/c18-16-10-9-15-13-7-2-1-5-11(13)12-6-3-4-8-14(12)17(15)19-16/h3-10H,1-2H2. The normalized spacial score (nSPS) is 13.9. The van der Waals surface area contributed by atoms with Crippen molar-refractivity contribution in [1.29, 1.82) is 0 Å². The van der Waals surface area contributed by atoms with Gasteiger partial charge in [-0.1, -0.05) is 48.0 Å². The molecule has 0 amide bonds. The van der Waals surface area contributed by atoms with Gasteiger partial charge in [0, 0.05) is 10.8 Å². The molecule has 1 aliphatic carbocycles. The summed E-state index contributed by atoms with van der Waals surface area (Å²) in [6.07, 6.45) is 6.87. The number of fused-ring (bicyclic) bond motifs is 6. The van der Waals surface area contributed by atoms with Gasteiger partial charge in [0.25, 0.3) is 0 Å². The molecule has 0 saturated carbocycles. The van der Waals surface area contributed by atoms with Gasteiger partial charge in [-0.25, -0.2) is 4.98 Å². The molecule has 0 radical (unpaired) electrons. The Labute approximate surface area is 115 Å². The SMILES string of the molecule is Clc1ccc2c3c(c4ccccc4c2n1)=CCCC=3. The Kier molecular flexibility index (Phi) is 2.36. The van der Waals surface area contributed by atoms with Crippen LogP contribution in [0.25, 0.3) is 33.8 Å². The highest BCUT2D eigenvalue weighted by Gasteiger charge is 2.08. The highest BCUT2D eigenvalue weighted by atomic mass is 35.5. The third kappa shape index (κ3) is 1.58. The highest BCUT2D eigenvalue weighted by molar-refractivity contribution is 6.30. The zero-order valence-electron chi connectivity index (χ0n) is 10.4. The van der Waals surface area contributed by atoms with Crippen molar-refractivity contribution in [2.75, 3.05) is 0 Å². The van der Waals surface area contributed by atoms with Crippen LogP contribution in [0.15, 0.2) is 36.4 Å². The Hall–Kier alpha value is -1.86. The summed E-state index contributed by atoms with van der Waals surface area (Å²) >= 11 is 6.07. The Morgan fingerprint density at radius 1 is 0.789 bits per heavy atom. The van der Waals surface area contributed by atoms with Gasteiger partial charge in [0.05, 0.1) is 5.52 Å². The monoisotopic (exact) mass is 265 g/mol. The molecular weight excluding hydrogens is 254 g/mol. The van der Waals surface area contributed by atoms with Gasteiger partial charge >= 0.3 is 0 Å². The molecule has 1 nitrogen and oxygen atoms in total. The molecule has 19 heavy (non-hydrogen) atoms. The summed E-state index contributed by atoms with van der Waals surface area (Å²) in [6.45, 7) is 0. The van der Waals surface area contributed by atoms with E-state index in [9.17, 15) is 0 Å². The molecule has 3 aromatic rings. The quantitative estimate of drug-likeness (QED) is 0.448. The van der Waals surface area contributed by atoms with E-state index in [-0.39, 0.29) is 0 Å². The van der Waals surface area contributed by atoms with Gasteiger partial charge in [0.1, 0.15) is 5.15 Å². The van der Waals surface area contributed by atoms with Gasteiger partial charge in [0.15, 0.2) is 0 Å². The van der Waals surface area contributed by atoms with Crippen molar-refractivity contribution in [1.82, 2.24) is 4.98 Å². The zero-order chi connectivity index (χ0) is 12.8. The first-order valence-electron chi connectivity index (χ1n) is 6.52. The summed E-state index contributed by atoms with van der Waals surface area (Å²) < 4.78 is 0. The van der Waals surface area contributed by atoms with Gasteiger partial charge in [-0.3, -0.25) is 0 Å². The van der Waals surface area contributed by atoms with Crippen molar-refractivity contribution in [3.63, 3.8) is 0 Å². The molecule has 0 spiro atoms. The van der Waals surface area contributed by atoms with Crippen molar-refractivity contribution in [3.8, 4) is 0 Å². The maximum atomic E-state index is 6.07. The molecule has 92 valence electrons. The molecule has 1 aromatic heterocycles. The molecule has 1 aliphatic rings. The van der Waals surface area contributed by atoms with Crippen LogP contribution in [-0.4, -0.2) is 4.98 Å². The summed E-state index contributed by atoms with van der Waals surface area (Å²) in [5.74, 6) is 0. The van der Waals surface area contributed by atoms with E-state index in [4.69, 9.17) is 11.6 Å². The van der Waals surface area contributed by atoms with Crippen LogP contribution in [0.2, 0.25) is 5.15 Å². The van der Waals surface area contributed by atoms with E-state index < -0.39 is 0 Å². The van der Waals surface area contributed by atoms with Gasteiger partial charge in [0.2, 0.25) is 0 Å². The lowest BCUT2D eigenvalue weighted by molar-refractivity contribution is 1.12. The van der Waals surface area contributed by atoms with Crippen LogP contribution in [0, 0.1) is 0 Å². The molecule has 2 aromatic carbocycles. The number of benzene rings is 2. The molecule has 0 atom stereocenters. The molecule has 0 saturated heterocycles. The topological polar surface area (TPSA) is 12.9 Å². The first-order valence-corrected chi connectivity index (χ1v) is 6.90. The molecule has 0 fully saturated rings. The number of nitrogens with zero attached hydrogens (tertiary/aromatic N) is 1. The van der Waals surface area contributed by atoms with Crippen molar-refractivity contribution in [2.45, 2.75) is 12.8 Å². The Bertz CT molecular complexity index is 925. The number of halogens is 1. The largest absolute Gasteiger partial charge is 0.235 e. The van der Waals surface area contributed by atoms with Gasteiger partial charge in [-0.15, -0.1) is 0 Å². The van der Waals surface area contributed by atoms with Gasteiger partial charge < -0.3 is 0 Å². The van der Waals surface area contributed by atoms with Crippen LogP contribution in [0.1, 0.15) is 12.8 Å². The van der Waals surface area contributed by atoms with Crippen LogP contribution >= 0.6 is 11.6 Å². The average Bonchev–Trinajstić information content (AvgIpc) is 2.47. The minimum atomic E-state index is 0.553. The predicted octanol–water partition coefficient (Wildman–Crippen LogP) is 3.40. The highest BCUT2D eigenvalue weighted by Crippen LogP contribution is 2.21. The maximum absolute atomic E-state index is 6.07. The third-order valence-electron chi connectivity index (χ3n) is 3.78. The second-order valence-electron chi connectivity index (χ2n) is 4.89. The Balaban J connectivity index is 2.43. The summed E-state index contributed by atoms with van der Waals surface area (Å²) in [5, 5.41) is 6.87. The van der Waals surface area contributed by atoms with E-state index in [1.165, 1.54) is 26.6 Å². The second-order valence-corrected chi connectivity index (χ2v) is 5.28. The van der Waals surface area contributed by atoms with E-state index in [0.29, 0.717) is 5.15 Å². The van der Waals surface area contributed by atoms with E-state index in [1.807, 2.05) is 6.07 Å². The molecule has 1 heterocycles. The number of rotatable bonds is 0. The second kappa shape index (κ2) is 4.07. The molecule has 0 bridgehead atoms. The number of pyridine rings is 1. The molecule has 0 unspecified atom stereocenters. The fourth-order valence-corrected chi connectivity index (χ4v) is 3.12. The minimum absolute atomic E-state index is 0.553. The van der Waals surface area contributed by atoms with E-state index in [2.05, 4.69) is 47.5 Å². The van der Waals surface area contributed by atoms with E-state index >= 15 is 0 Å². The lowest BCUT2D eigenvalue weighted by Crippen LogP contribution is -2.28. The summed E-state index contributed by atoms with van der Waals surface area (Å²) in [5.41, 5.74) is 1.01. The third-order valence-corrected chi connectivity index (χ3v) is 3.99. The first-order chi connectivity index (χ1) is 9.34. The van der Waals surface area contributed by atoms with Crippen LogP contribution in [0.5, 0.6) is 0 Å². The molecular formula is C17H12ClN. The van der Waals surface area contributed by atoms with Gasteiger partial charge in [-0.05, 0) is 40.8 Å². The summed E-state index contributed by atoms with van der Waals surface area (Å²) in [6, 6.07) is 12.4. The Morgan fingerprint density at radius 3 is 2.26 bits per heavy atom. The average molecular weight is 266 g/mol. The molecule has 0 N–H and O–H groups in total. The fraction of sp³-hybridized carbons (Fsp3) is 0.118. The van der Waals surface area contributed by atoms with Crippen LogP contribution < -0.4 is 10.4 Å². The molecule has 4 rings (SSSR count). The Morgan fingerprint density at radius 2 is 1.47 bits per heavy atom. The van der Waals surface area contributed by atoms with E-state index in [0.717, 1.165) is 18.4 Å². The summed E-state index contributed by atoms with van der Waals surface area (Å²) in [4.78, 5) is 4.54. The maximum Gasteiger partial charge on any atom is 0.129 e. The van der Waals surface area contributed by atoms with Crippen LogP contribution in [-0.2, 0) is 0 Å². The minimum Gasteiger partial charge on any atom is -0.235 e. The fourth-order valence-electron chi connectivity index (χ4n) is 2.97. The first kappa shape index (κ1) is 11.0. The lowest BCUT2D eigenvalue weighted by Gasteiger charge is -2.09. The number of hydrogen-bond donors (Lipinski definition) is 0. The molecule has 0 aliphatic heterocycles. The van der Waals surface area contributed by atoms with Gasteiger partial charge in [-0.2, -0.15) is 0 Å². The van der Waals surface area contributed by atoms with Crippen LogP contribution in [0.3, 0.4) is 0 Å². The van der Waals surface area contributed by atoms with Crippen molar-refractivity contribution in [3.05, 3.63) is 52.0 Å². The van der Waals surface area contributed by atoms with Crippen molar-refractivity contribution in [2.24, 2.45) is 0 Å². The summed E-state index contributed by atoms with van der Waals surface area (Å²) in [7, 11) is 0. The number of hydrogen-bond acceptors (Lipinski definition) is 1. The van der Waals surface area contributed by atoms with E-state index in [1.54, 1.807) is 0 Å².